The van der Waals surface area contributed by atoms with Gasteiger partial charge in [-0.3, -0.25) is 29.3 Å². The summed E-state index contributed by atoms with van der Waals surface area (Å²) in [5.41, 5.74) is -1.29. The predicted molar refractivity (Wildman–Crippen MR) is 94.3 cm³/mol. The van der Waals surface area contributed by atoms with Gasteiger partial charge in [0.25, 0.3) is 31.6 Å². The Kier molecular flexibility index (Phi) is 5.79. The molecule has 0 saturated carbocycles. The van der Waals surface area contributed by atoms with E-state index < -0.39 is 52.3 Å². The van der Waals surface area contributed by atoms with Crippen molar-refractivity contribution in [1.82, 2.24) is 0 Å². The quantitative estimate of drug-likeness (QED) is 0.369. The monoisotopic (exact) mass is 432 g/mol. The molecule has 14 heteroatoms. The Balaban J connectivity index is 2.74. The van der Waals surface area contributed by atoms with E-state index in [0.29, 0.717) is 6.07 Å². The maximum Gasteiger partial charge on any atom is 0.295 e. The van der Waals surface area contributed by atoms with Crippen LogP contribution in [0.25, 0.3) is 0 Å². The maximum atomic E-state index is 11.7. The van der Waals surface area contributed by atoms with Gasteiger partial charge in [-0.1, -0.05) is 18.2 Å². The van der Waals surface area contributed by atoms with E-state index in [1.54, 1.807) is 0 Å². The van der Waals surface area contributed by atoms with Crippen LogP contribution in [0.4, 0.5) is 11.4 Å². The van der Waals surface area contributed by atoms with E-state index in [1.165, 1.54) is 0 Å². The number of hydrogen-bond acceptors (Lipinski definition) is 8. The number of hydrogen-bond donors (Lipinski definition) is 2. The van der Waals surface area contributed by atoms with Crippen LogP contribution in [0, 0.1) is 20.2 Å². The van der Waals surface area contributed by atoms with Crippen molar-refractivity contribution < 1.29 is 35.8 Å². The van der Waals surface area contributed by atoms with Crippen molar-refractivity contribution in [3.63, 3.8) is 0 Å². The minimum absolute atomic E-state index is 0.0574. The third-order valence-corrected chi connectivity index (χ3v) is 5.41. The molecular weight excluding hydrogens is 420 g/mol. The fourth-order valence-corrected chi connectivity index (χ4v) is 4.12. The van der Waals surface area contributed by atoms with Crippen molar-refractivity contribution in [3.05, 3.63) is 73.8 Å². The average molecular weight is 432 g/mol. The number of non-ortho nitro benzene ring substituents is 2. The predicted octanol–water partition coefficient (Wildman–Crippen LogP) is 1.77. The Bertz CT molecular complexity index is 1140. The van der Waals surface area contributed by atoms with E-state index in [1.807, 2.05) is 0 Å². The molecule has 0 saturated heterocycles. The summed E-state index contributed by atoms with van der Waals surface area (Å²) in [7, 11) is -9.69. The number of benzene rings is 2. The van der Waals surface area contributed by atoms with E-state index in [4.69, 9.17) is 0 Å². The van der Waals surface area contributed by atoms with Crippen LogP contribution in [0.1, 0.15) is 17.0 Å². The van der Waals surface area contributed by atoms with Crippen LogP contribution in [0.15, 0.2) is 47.4 Å². The first kappa shape index (κ1) is 21.4. The summed E-state index contributed by atoms with van der Waals surface area (Å²) in [6.07, 6.45) is 0. The smallest absolute Gasteiger partial charge is 0.286 e. The molecule has 0 aliphatic rings. The molecule has 1 unspecified atom stereocenters. The summed E-state index contributed by atoms with van der Waals surface area (Å²) >= 11 is 0. The highest BCUT2D eigenvalue weighted by atomic mass is 32.2. The molecule has 2 aromatic rings. The Hall–Kier alpha value is -2.94. The van der Waals surface area contributed by atoms with Crippen LogP contribution in [0.2, 0.25) is 0 Å². The van der Waals surface area contributed by atoms with Crippen molar-refractivity contribution in [3.8, 4) is 0 Å². The molecule has 0 aromatic heterocycles. The average Bonchev–Trinajstić information content (AvgIpc) is 2.57. The first-order valence-corrected chi connectivity index (χ1v) is 10.3. The van der Waals surface area contributed by atoms with Gasteiger partial charge in [0.05, 0.1) is 15.6 Å². The Morgan fingerprint density at radius 2 is 1.36 bits per heavy atom. The lowest BCUT2D eigenvalue weighted by atomic mass is 9.92. The molecular formula is C14H12N2O10S2. The zero-order chi connectivity index (χ0) is 21.3. The van der Waals surface area contributed by atoms with Gasteiger partial charge < -0.3 is 0 Å². The van der Waals surface area contributed by atoms with Gasteiger partial charge in [0, 0.05) is 30.2 Å². The van der Waals surface area contributed by atoms with Crippen molar-refractivity contribution in [2.24, 2.45) is 0 Å². The van der Waals surface area contributed by atoms with Gasteiger partial charge in [-0.05, 0) is 11.1 Å². The van der Waals surface area contributed by atoms with E-state index in [0.717, 1.165) is 36.4 Å². The normalized spacial score (nSPS) is 13.1. The van der Waals surface area contributed by atoms with Crippen molar-refractivity contribution >= 4 is 31.6 Å². The Morgan fingerprint density at radius 1 is 0.857 bits per heavy atom. The highest BCUT2D eigenvalue weighted by molar-refractivity contribution is 7.86. The molecule has 0 heterocycles. The van der Waals surface area contributed by atoms with Crippen LogP contribution < -0.4 is 0 Å². The third-order valence-electron chi connectivity index (χ3n) is 3.74. The molecule has 0 aliphatic carbocycles. The zero-order valence-corrected chi connectivity index (χ0v) is 15.3. The highest BCUT2D eigenvalue weighted by Crippen LogP contribution is 2.34. The molecule has 150 valence electrons. The van der Waals surface area contributed by atoms with Crippen molar-refractivity contribution in [1.29, 1.82) is 0 Å². The van der Waals surface area contributed by atoms with E-state index in [9.17, 15) is 46.2 Å². The second-order valence-electron chi connectivity index (χ2n) is 5.60. The summed E-state index contributed by atoms with van der Waals surface area (Å²) in [5.74, 6) is -2.43. The first-order chi connectivity index (χ1) is 12.8. The molecule has 0 spiro atoms. The topological polar surface area (TPSA) is 195 Å². The second-order valence-corrected chi connectivity index (χ2v) is 8.49. The minimum Gasteiger partial charge on any atom is -0.286 e. The zero-order valence-electron chi connectivity index (χ0n) is 13.7. The van der Waals surface area contributed by atoms with Gasteiger partial charge in [0.1, 0.15) is 4.90 Å². The van der Waals surface area contributed by atoms with Crippen LogP contribution in [0.5, 0.6) is 0 Å². The van der Waals surface area contributed by atoms with Crippen molar-refractivity contribution in [2.75, 3.05) is 5.75 Å². The SMILES string of the molecule is O=[N+]([O-])c1ccc(C(CS(=O)(=O)O)c2ccc([N+](=O)[O-])cc2S(=O)(=O)O)cc1. The maximum absolute atomic E-state index is 11.7. The highest BCUT2D eigenvalue weighted by Gasteiger charge is 2.29. The molecule has 2 rings (SSSR count). The van der Waals surface area contributed by atoms with Gasteiger partial charge >= 0.3 is 0 Å². The van der Waals surface area contributed by atoms with E-state index in [2.05, 4.69) is 0 Å². The molecule has 1 atom stereocenters. The van der Waals surface area contributed by atoms with Crippen LogP contribution in [-0.2, 0) is 20.2 Å². The van der Waals surface area contributed by atoms with Crippen LogP contribution in [-0.4, -0.2) is 41.5 Å². The molecule has 28 heavy (non-hydrogen) atoms. The van der Waals surface area contributed by atoms with Gasteiger partial charge in [-0.25, -0.2) is 0 Å². The summed E-state index contributed by atoms with van der Waals surface area (Å²) < 4.78 is 64.9. The fraction of sp³-hybridized carbons (Fsp3) is 0.143. The van der Waals surface area contributed by atoms with E-state index in [-0.39, 0.29) is 16.8 Å². The molecule has 0 amide bonds. The van der Waals surface area contributed by atoms with Crippen LogP contribution in [0.3, 0.4) is 0 Å². The fourth-order valence-electron chi connectivity index (χ4n) is 2.55. The molecule has 0 radical (unpaired) electrons. The van der Waals surface area contributed by atoms with Gasteiger partial charge in [-0.15, -0.1) is 0 Å². The Morgan fingerprint density at radius 3 is 1.79 bits per heavy atom. The standard InChI is InChI=1S/C14H12N2O10S2/c17-15(18)10-3-1-9(2-4-10)13(8-27(21,22)23)12-6-5-11(16(19)20)7-14(12)28(24,25)26/h1-7,13H,8H2,(H,21,22,23)(H,24,25,26). The largest absolute Gasteiger partial charge is 0.295 e. The second kappa shape index (κ2) is 7.59. The minimum atomic E-state index is -5.01. The molecule has 12 nitrogen and oxygen atoms in total. The Labute approximate surface area is 158 Å². The molecule has 2 aromatic carbocycles. The van der Waals surface area contributed by atoms with Gasteiger partial charge in [0.2, 0.25) is 0 Å². The summed E-state index contributed by atoms with van der Waals surface area (Å²) in [6, 6.07) is 6.72. The number of nitro benzene ring substituents is 2. The van der Waals surface area contributed by atoms with Gasteiger partial charge in [0.15, 0.2) is 0 Å². The first-order valence-electron chi connectivity index (χ1n) is 7.25. The number of rotatable bonds is 7. The lowest BCUT2D eigenvalue weighted by Gasteiger charge is -2.19. The number of nitrogens with zero attached hydrogens (tertiary/aromatic N) is 2. The van der Waals surface area contributed by atoms with Crippen LogP contribution >= 0.6 is 0 Å². The van der Waals surface area contributed by atoms with E-state index >= 15 is 0 Å². The lowest BCUT2D eigenvalue weighted by molar-refractivity contribution is -0.385. The van der Waals surface area contributed by atoms with Gasteiger partial charge in [-0.2, -0.15) is 16.8 Å². The summed E-state index contributed by atoms with van der Waals surface area (Å²) in [5, 5.41) is 21.7. The summed E-state index contributed by atoms with van der Waals surface area (Å²) in [6.45, 7) is 0. The molecule has 0 bridgehead atoms. The lowest BCUT2D eigenvalue weighted by Crippen LogP contribution is -2.18. The number of nitro groups is 2. The molecule has 0 aliphatic heterocycles. The molecule has 2 N–H and O–H groups in total. The third kappa shape index (κ3) is 5.07. The summed E-state index contributed by atoms with van der Waals surface area (Å²) in [4.78, 5) is 19.1. The molecule has 0 fully saturated rings. The van der Waals surface area contributed by atoms with Crippen molar-refractivity contribution in [2.45, 2.75) is 10.8 Å².